The van der Waals surface area contributed by atoms with Gasteiger partial charge in [0.15, 0.2) is 0 Å². The minimum Gasteiger partial charge on any atom is -0.361 e. The van der Waals surface area contributed by atoms with Crippen molar-refractivity contribution in [1.82, 2.24) is 24.3 Å². The largest absolute Gasteiger partial charge is 0.361 e. The summed E-state index contributed by atoms with van der Waals surface area (Å²) < 4.78 is 32.5. The molecule has 7 rings (SSSR count). The summed E-state index contributed by atoms with van der Waals surface area (Å²) in [6.07, 6.45) is 4.53. The van der Waals surface area contributed by atoms with Gasteiger partial charge in [-0.15, -0.1) is 0 Å². The van der Waals surface area contributed by atoms with Crippen LogP contribution in [0.5, 0.6) is 0 Å². The third kappa shape index (κ3) is 5.23. The van der Waals surface area contributed by atoms with Crippen LogP contribution in [0.1, 0.15) is 48.7 Å². The molecule has 1 amide bonds. The Morgan fingerprint density at radius 1 is 0.956 bits per heavy atom. The van der Waals surface area contributed by atoms with Gasteiger partial charge in [-0.2, -0.15) is 9.29 Å². The van der Waals surface area contributed by atoms with Gasteiger partial charge in [0.2, 0.25) is 21.9 Å². The highest BCUT2D eigenvalue weighted by Gasteiger charge is 2.45. The van der Waals surface area contributed by atoms with E-state index in [9.17, 15) is 13.2 Å². The molecule has 5 heterocycles. The topological polar surface area (TPSA) is 116 Å². The molecule has 236 valence electrons. The lowest BCUT2D eigenvalue weighted by Gasteiger charge is -2.44. The van der Waals surface area contributed by atoms with E-state index in [2.05, 4.69) is 27.1 Å². The summed E-state index contributed by atoms with van der Waals surface area (Å²) in [6.45, 7) is 6.51. The van der Waals surface area contributed by atoms with Crippen molar-refractivity contribution in [3.63, 3.8) is 0 Å². The maximum absolute atomic E-state index is 12.7. The first-order valence-corrected chi connectivity index (χ1v) is 17.4. The van der Waals surface area contributed by atoms with E-state index in [0.717, 1.165) is 77.2 Å². The number of benzene rings is 2. The monoisotopic (exact) mass is 629 g/mol. The average Bonchev–Trinajstić information content (AvgIpc) is 3.52. The predicted molar refractivity (Wildman–Crippen MR) is 174 cm³/mol. The first-order valence-electron chi connectivity index (χ1n) is 15.6. The fourth-order valence-electron chi connectivity index (χ4n) is 7.43. The number of fused-ring (bicyclic) bond motifs is 1. The Morgan fingerprint density at radius 2 is 1.71 bits per heavy atom. The number of piperazine rings is 1. The first kappa shape index (κ1) is 29.7. The molecule has 0 N–H and O–H groups in total. The zero-order valence-electron chi connectivity index (χ0n) is 26.2. The Kier molecular flexibility index (Phi) is 7.31. The van der Waals surface area contributed by atoms with Gasteiger partial charge in [-0.3, -0.25) is 4.79 Å². The van der Waals surface area contributed by atoms with Crippen LogP contribution in [0.15, 0.2) is 53.1 Å². The van der Waals surface area contributed by atoms with Gasteiger partial charge >= 0.3 is 0 Å². The molecule has 11 nitrogen and oxygen atoms in total. The number of piperidine rings is 1. The minimum atomic E-state index is -3.39. The van der Waals surface area contributed by atoms with E-state index in [1.807, 2.05) is 62.2 Å². The van der Waals surface area contributed by atoms with Gasteiger partial charge in [-0.1, -0.05) is 41.6 Å². The fraction of sp³-hybridized carbons (Fsp3) is 0.455. The minimum absolute atomic E-state index is 0.0864. The van der Waals surface area contributed by atoms with E-state index < -0.39 is 10.0 Å². The second-order valence-electron chi connectivity index (χ2n) is 12.7. The van der Waals surface area contributed by atoms with Crippen molar-refractivity contribution in [2.45, 2.75) is 51.1 Å². The lowest BCUT2D eigenvalue weighted by Crippen LogP contribution is -2.52. The number of carbonyl (C=O) groups excluding carboxylic acids is 1. The molecule has 3 aliphatic rings. The van der Waals surface area contributed by atoms with Gasteiger partial charge in [-0.05, 0) is 56.4 Å². The molecule has 0 saturated carbocycles. The van der Waals surface area contributed by atoms with Gasteiger partial charge in [0, 0.05) is 62.7 Å². The average molecular weight is 630 g/mol. The van der Waals surface area contributed by atoms with Gasteiger partial charge in [0.05, 0.1) is 23.5 Å². The molecule has 4 aromatic rings. The van der Waals surface area contributed by atoms with Crippen molar-refractivity contribution in [2.75, 3.05) is 55.8 Å². The number of nitrogens with zero attached hydrogens (tertiary/aromatic N) is 7. The number of hydrogen-bond donors (Lipinski definition) is 0. The number of rotatable bonds is 5. The van der Waals surface area contributed by atoms with Crippen LogP contribution in [0.2, 0.25) is 0 Å². The zero-order chi connectivity index (χ0) is 31.5. The summed E-state index contributed by atoms with van der Waals surface area (Å²) >= 11 is 0. The molecule has 2 aromatic heterocycles. The maximum atomic E-state index is 12.7. The third-order valence-corrected chi connectivity index (χ3v) is 11.4. The highest BCUT2D eigenvalue weighted by molar-refractivity contribution is 7.88. The SMILES string of the molecule is Cc1noc(C)c1-c1ccc2nc(N3CCC4(CCC(=O)N4C)CC3)nc(N3CCN(S(C)(=O)=O)CC3c3ccccc3)c2c1. The van der Waals surface area contributed by atoms with E-state index in [1.54, 1.807) is 4.31 Å². The maximum Gasteiger partial charge on any atom is 0.227 e. The van der Waals surface area contributed by atoms with Crippen LogP contribution in [-0.2, 0) is 14.8 Å². The van der Waals surface area contributed by atoms with Crippen molar-refractivity contribution >= 4 is 38.6 Å². The number of aromatic nitrogens is 3. The van der Waals surface area contributed by atoms with E-state index in [4.69, 9.17) is 14.5 Å². The van der Waals surface area contributed by atoms with Crippen LogP contribution in [0.3, 0.4) is 0 Å². The molecule has 0 aliphatic carbocycles. The highest BCUT2D eigenvalue weighted by atomic mass is 32.2. The van der Waals surface area contributed by atoms with Gasteiger partial charge in [-0.25, -0.2) is 13.4 Å². The van der Waals surface area contributed by atoms with E-state index in [0.29, 0.717) is 32.0 Å². The van der Waals surface area contributed by atoms with Crippen molar-refractivity contribution in [1.29, 1.82) is 0 Å². The summed E-state index contributed by atoms with van der Waals surface area (Å²) in [5, 5.41) is 5.06. The molecule has 0 bridgehead atoms. The Hall–Kier alpha value is -4.03. The second kappa shape index (κ2) is 11.1. The Morgan fingerprint density at radius 3 is 2.36 bits per heavy atom. The molecule has 1 unspecified atom stereocenters. The molecule has 3 saturated heterocycles. The van der Waals surface area contributed by atoms with Crippen molar-refractivity contribution < 1.29 is 17.7 Å². The highest BCUT2D eigenvalue weighted by Crippen LogP contribution is 2.41. The van der Waals surface area contributed by atoms with Gasteiger partial charge in [0.1, 0.15) is 11.6 Å². The van der Waals surface area contributed by atoms with Crippen molar-refractivity contribution in [3.8, 4) is 11.1 Å². The lowest BCUT2D eigenvalue weighted by molar-refractivity contribution is -0.130. The van der Waals surface area contributed by atoms with Crippen LogP contribution >= 0.6 is 0 Å². The summed E-state index contributed by atoms with van der Waals surface area (Å²) in [4.78, 5) is 29.2. The molecule has 1 spiro atoms. The first-order chi connectivity index (χ1) is 21.5. The molecule has 12 heteroatoms. The van der Waals surface area contributed by atoms with E-state index >= 15 is 0 Å². The Balaban J connectivity index is 1.34. The Labute approximate surface area is 263 Å². The fourth-order valence-corrected chi connectivity index (χ4v) is 8.26. The number of hydrogen-bond acceptors (Lipinski definition) is 9. The van der Waals surface area contributed by atoms with E-state index in [1.165, 1.54) is 6.26 Å². The summed E-state index contributed by atoms with van der Waals surface area (Å²) in [5.41, 5.74) is 4.48. The molecule has 2 aromatic carbocycles. The van der Waals surface area contributed by atoms with Crippen LogP contribution in [0.25, 0.3) is 22.0 Å². The quantitative estimate of drug-likeness (QED) is 0.318. The molecule has 0 radical (unpaired) electrons. The van der Waals surface area contributed by atoms with Gasteiger partial charge in [0.25, 0.3) is 0 Å². The lowest BCUT2D eigenvalue weighted by atomic mass is 9.85. The standard InChI is InChI=1S/C33H39N7O4S/c1-22-30(23(2)44-36-22)25-10-11-27-26(20-25)31(35-32(34-27)38-16-14-33(15-17-38)13-12-29(41)37(33)3)40-19-18-39(45(4,42)43)21-28(40)24-8-6-5-7-9-24/h5-11,20,28H,12-19,21H2,1-4H3. The number of amides is 1. The number of carbonyl (C=O) groups is 1. The summed E-state index contributed by atoms with van der Waals surface area (Å²) in [5.74, 6) is 2.40. The van der Waals surface area contributed by atoms with Crippen LogP contribution in [-0.4, -0.2) is 90.2 Å². The molecule has 45 heavy (non-hydrogen) atoms. The smallest absolute Gasteiger partial charge is 0.227 e. The number of likely N-dealkylation sites (tertiary alicyclic amines) is 1. The predicted octanol–water partition coefficient (Wildman–Crippen LogP) is 4.32. The zero-order valence-corrected chi connectivity index (χ0v) is 27.0. The van der Waals surface area contributed by atoms with Crippen molar-refractivity contribution in [2.24, 2.45) is 0 Å². The second-order valence-corrected chi connectivity index (χ2v) is 14.7. The van der Waals surface area contributed by atoms with Crippen molar-refractivity contribution in [3.05, 3.63) is 65.5 Å². The molecule has 3 fully saturated rings. The number of sulfonamides is 1. The molecule has 1 atom stereocenters. The normalized spacial score (nSPS) is 20.9. The number of anilines is 2. The van der Waals surface area contributed by atoms with Gasteiger partial charge < -0.3 is 19.2 Å². The van der Waals surface area contributed by atoms with Crippen LogP contribution < -0.4 is 9.80 Å². The number of aryl methyl sites for hydroxylation is 2. The molecular weight excluding hydrogens is 590 g/mol. The third-order valence-electron chi connectivity index (χ3n) is 10.1. The molecular formula is C33H39N7O4S. The van der Waals surface area contributed by atoms with E-state index in [-0.39, 0.29) is 17.5 Å². The molecule has 3 aliphatic heterocycles. The van der Waals surface area contributed by atoms with Crippen LogP contribution in [0, 0.1) is 13.8 Å². The summed E-state index contributed by atoms with van der Waals surface area (Å²) in [7, 11) is -1.45. The Bertz CT molecular complexity index is 1850. The summed E-state index contributed by atoms with van der Waals surface area (Å²) in [6, 6.07) is 16.0. The van der Waals surface area contributed by atoms with Crippen LogP contribution in [0.4, 0.5) is 11.8 Å².